The quantitative estimate of drug-likeness (QED) is 0.624. The minimum absolute atomic E-state index is 1.08. The molecule has 0 bridgehead atoms. The number of thiophene rings is 1. The molecule has 0 aliphatic carbocycles. The molecule has 74 valence electrons. The van der Waals surface area contributed by atoms with Crippen LogP contribution in [0.15, 0.2) is 36.4 Å². The Morgan fingerprint density at radius 3 is 2.27 bits per heavy atom. The van der Waals surface area contributed by atoms with E-state index in [-0.39, 0.29) is 0 Å². The molecule has 0 saturated carbocycles. The van der Waals surface area contributed by atoms with Crippen molar-refractivity contribution in [1.29, 1.82) is 0 Å². The van der Waals surface area contributed by atoms with Crippen LogP contribution in [0.5, 0.6) is 0 Å². The zero-order valence-corrected chi connectivity index (χ0v) is 9.69. The molecule has 1 heterocycles. The fourth-order valence-corrected chi connectivity index (χ4v) is 2.32. The molecule has 0 amide bonds. The highest BCUT2D eigenvalue weighted by molar-refractivity contribution is 7.15. The van der Waals surface area contributed by atoms with E-state index in [0.717, 1.165) is 5.56 Å². The second-order valence-electron chi connectivity index (χ2n) is 3.36. The third-order valence-electron chi connectivity index (χ3n) is 2.18. The third kappa shape index (κ3) is 2.29. The predicted octanol–water partition coefficient (Wildman–Crippen LogP) is 4.09. The van der Waals surface area contributed by atoms with Crippen LogP contribution < -0.4 is 0 Å². The Bertz CT molecular complexity index is 506. The Labute approximate surface area is 94.6 Å². The van der Waals surface area contributed by atoms with E-state index in [9.17, 15) is 0 Å². The van der Waals surface area contributed by atoms with E-state index in [1.165, 1.54) is 15.3 Å². The van der Waals surface area contributed by atoms with Crippen LogP contribution in [0.3, 0.4) is 0 Å². The fourth-order valence-electron chi connectivity index (χ4n) is 1.45. The Morgan fingerprint density at radius 1 is 1.00 bits per heavy atom. The molecule has 0 nitrogen and oxygen atoms in total. The molecule has 0 fully saturated rings. The van der Waals surface area contributed by atoms with Crippen molar-refractivity contribution in [3.05, 3.63) is 46.8 Å². The molecule has 15 heavy (non-hydrogen) atoms. The average molecular weight is 212 g/mol. The highest BCUT2D eigenvalue weighted by Crippen LogP contribution is 2.27. The van der Waals surface area contributed by atoms with Crippen LogP contribution in [0.4, 0.5) is 0 Å². The molecule has 0 unspecified atom stereocenters. The summed E-state index contributed by atoms with van der Waals surface area (Å²) in [6.45, 7) is 3.99. The first kappa shape index (κ1) is 10.0. The minimum atomic E-state index is 1.08. The van der Waals surface area contributed by atoms with Gasteiger partial charge in [-0.3, -0.25) is 0 Å². The normalized spacial score (nSPS) is 9.47. The maximum atomic E-state index is 3.04. The lowest BCUT2D eigenvalue weighted by atomic mass is 10.1. The molecule has 0 aliphatic rings. The van der Waals surface area contributed by atoms with Gasteiger partial charge in [0.1, 0.15) is 0 Å². The molecule has 0 aliphatic heterocycles. The molecule has 1 aromatic carbocycles. The van der Waals surface area contributed by atoms with Gasteiger partial charge in [0, 0.05) is 15.3 Å². The zero-order valence-electron chi connectivity index (χ0n) is 8.87. The summed E-state index contributed by atoms with van der Waals surface area (Å²) in [7, 11) is 0. The van der Waals surface area contributed by atoms with Crippen LogP contribution in [0.1, 0.15) is 17.4 Å². The molecule has 0 radical (unpaired) electrons. The van der Waals surface area contributed by atoms with Crippen LogP contribution >= 0.6 is 11.3 Å². The molecule has 0 saturated heterocycles. The summed E-state index contributed by atoms with van der Waals surface area (Å²) in [6, 6.07) is 12.7. The molecule has 1 aromatic heterocycles. The number of aryl methyl sites for hydroxylation is 1. The SMILES string of the molecule is CC#Cc1ccc(-c2ccc(C)s2)cc1. The molecule has 0 N–H and O–H groups in total. The van der Waals surface area contributed by atoms with Crippen LogP contribution in [-0.2, 0) is 0 Å². The van der Waals surface area contributed by atoms with E-state index in [4.69, 9.17) is 0 Å². The van der Waals surface area contributed by atoms with Crippen molar-refractivity contribution in [2.75, 3.05) is 0 Å². The summed E-state index contributed by atoms with van der Waals surface area (Å²) in [5, 5.41) is 0. The van der Waals surface area contributed by atoms with E-state index in [1.807, 2.05) is 18.3 Å². The average Bonchev–Trinajstić information content (AvgIpc) is 2.67. The van der Waals surface area contributed by atoms with Gasteiger partial charge in [-0.25, -0.2) is 0 Å². The summed E-state index contributed by atoms with van der Waals surface area (Å²) in [4.78, 5) is 2.67. The molecular formula is C14H12S. The minimum Gasteiger partial charge on any atom is -0.141 e. The fraction of sp³-hybridized carbons (Fsp3) is 0.143. The molecule has 2 rings (SSSR count). The molecule has 0 atom stereocenters. The number of hydrogen-bond acceptors (Lipinski definition) is 1. The van der Waals surface area contributed by atoms with Crippen molar-refractivity contribution in [3.63, 3.8) is 0 Å². The summed E-state index contributed by atoms with van der Waals surface area (Å²) in [6.07, 6.45) is 0. The maximum Gasteiger partial charge on any atom is 0.0345 e. The van der Waals surface area contributed by atoms with E-state index in [2.05, 4.69) is 55.2 Å². The van der Waals surface area contributed by atoms with Crippen LogP contribution in [-0.4, -0.2) is 0 Å². The van der Waals surface area contributed by atoms with Gasteiger partial charge in [0.25, 0.3) is 0 Å². The first-order chi connectivity index (χ1) is 7.29. The Kier molecular flexibility index (Phi) is 2.89. The molecule has 1 heteroatoms. The van der Waals surface area contributed by atoms with Crippen molar-refractivity contribution in [2.24, 2.45) is 0 Å². The Balaban J connectivity index is 2.34. The van der Waals surface area contributed by atoms with Crippen molar-refractivity contribution in [2.45, 2.75) is 13.8 Å². The number of benzene rings is 1. The van der Waals surface area contributed by atoms with Gasteiger partial charge in [-0.15, -0.1) is 17.3 Å². The van der Waals surface area contributed by atoms with Gasteiger partial charge in [-0.05, 0) is 43.7 Å². The smallest absolute Gasteiger partial charge is 0.0345 e. The van der Waals surface area contributed by atoms with Crippen molar-refractivity contribution < 1.29 is 0 Å². The van der Waals surface area contributed by atoms with Crippen LogP contribution in [0.25, 0.3) is 10.4 Å². The number of rotatable bonds is 1. The number of hydrogen-bond donors (Lipinski definition) is 0. The lowest BCUT2D eigenvalue weighted by molar-refractivity contribution is 1.63. The van der Waals surface area contributed by atoms with Crippen LogP contribution in [0.2, 0.25) is 0 Å². The first-order valence-corrected chi connectivity index (χ1v) is 5.71. The second-order valence-corrected chi connectivity index (χ2v) is 4.65. The van der Waals surface area contributed by atoms with Gasteiger partial charge in [0.15, 0.2) is 0 Å². The van der Waals surface area contributed by atoms with Gasteiger partial charge < -0.3 is 0 Å². The third-order valence-corrected chi connectivity index (χ3v) is 3.23. The van der Waals surface area contributed by atoms with E-state index in [0.29, 0.717) is 0 Å². The monoisotopic (exact) mass is 212 g/mol. The van der Waals surface area contributed by atoms with Gasteiger partial charge in [-0.2, -0.15) is 0 Å². The van der Waals surface area contributed by atoms with Gasteiger partial charge in [0.2, 0.25) is 0 Å². The van der Waals surface area contributed by atoms with E-state index >= 15 is 0 Å². The van der Waals surface area contributed by atoms with E-state index in [1.54, 1.807) is 0 Å². The Morgan fingerprint density at radius 2 is 1.73 bits per heavy atom. The summed E-state index contributed by atoms with van der Waals surface area (Å²) in [5.74, 6) is 5.94. The van der Waals surface area contributed by atoms with Crippen molar-refractivity contribution in [3.8, 4) is 22.3 Å². The summed E-state index contributed by atoms with van der Waals surface area (Å²) >= 11 is 1.82. The summed E-state index contributed by atoms with van der Waals surface area (Å²) < 4.78 is 0. The molecule has 2 aromatic rings. The molecular weight excluding hydrogens is 200 g/mol. The zero-order chi connectivity index (χ0) is 10.7. The van der Waals surface area contributed by atoms with Gasteiger partial charge in [0.05, 0.1) is 0 Å². The van der Waals surface area contributed by atoms with Crippen molar-refractivity contribution in [1.82, 2.24) is 0 Å². The summed E-state index contributed by atoms with van der Waals surface area (Å²) in [5.41, 5.74) is 2.35. The largest absolute Gasteiger partial charge is 0.141 e. The standard InChI is InChI=1S/C14H12S/c1-3-4-12-6-8-13(9-7-12)14-10-5-11(2)15-14/h5-10H,1-2H3. The second kappa shape index (κ2) is 4.33. The van der Waals surface area contributed by atoms with Gasteiger partial charge >= 0.3 is 0 Å². The van der Waals surface area contributed by atoms with Crippen molar-refractivity contribution >= 4 is 11.3 Å². The Hall–Kier alpha value is -1.52. The highest BCUT2D eigenvalue weighted by Gasteiger charge is 1.99. The first-order valence-electron chi connectivity index (χ1n) is 4.89. The van der Waals surface area contributed by atoms with Crippen LogP contribution in [0, 0.1) is 18.8 Å². The van der Waals surface area contributed by atoms with E-state index < -0.39 is 0 Å². The maximum absolute atomic E-state index is 3.04. The van der Waals surface area contributed by atoms with Gasteiger partial charge in [-0.1, -0.05) is 18.1 Å². The predicted molar refractivity (Wildman–Crippen MR) is 67.0 cm³/mol. The molecule has 0 spiro atoms. The highest BCUT2D eigenvalue weighted by atomic mass is 32.1. The lowest BCUT2D eigenvalue weighted by Gasteiger charge is -1.96. The topological polar surface area (TPSA) is 0 Å². The lowest BCUT2D eigenvalue weighted by Crippen LogP contribution is -1.75.